The minimum Gasteiger partial charge on any atom is -0.492 e. The van der Waals surface area contributed by atoms with Crippen molar-refractivity contribution in [3.05, 3.63) is 75.7 Å². The molecule has 5 rings (SSSR count). The molecule has 0 atom stereocenters. The van der Waals surface area contributed by atoms with E-state index in [0.717, 1.165) is 22.5 Å². The highest BCUT2D eigenvalue weighted by molar-refractivity contribution is 7.09. The molecule has 2 aliphatic heterocycles. The fraction of sp³-hybridized carbons (Fsp3) is 0.414. The second kappa shape index (κ2) is 11.9. The summed E-state index contributed by atoms with van der Waals surface area (Å²) in [4.78, 5) is 36.3. The zero-order valence-electron chi connectivity index (χ0n) is 22.2. The summed E-state index contributed by atoms with van der Waals surface area (Å²) >= 11 is 1.43. The van der Waals surface area contributed by atoms with Crippen molar-refractivity contribution in [2.75, 3.05) is 50.8 Å². The van der Waals surface area contributed by atoms with Gasteiger partial charge in [-0.2, -0.15) is 13.2 Å². The molecule has 2 aromatic carbocycles. The molecule has 7 nitrogen and oxygen atoms in total. The first kappa shape index (κ1) is 27.9. The largest absolute Gasteiger partial charge is 0.492 e. The first-order valence-corrected chi connectivity index (χ1v) is 14.3. The molecule has 0 unspecified atom stereocenters. The maximum absolute atomic E-state index is 13.4. The van der Waals surface area contributed by atoms with Crippen LogP contribution in [0, 0.1) is 0 Å². The monoisotopic (exact) mass is 572 g/mol. The van der Waals surface area contributed by atoms with Crippen molar-refractivity contribution < 1.29 is 27.5 Å². The van der Waals surface area contributed by atoms with Gasteiger partial charge in [-0.05, 0) is 44.0 Å². The van der Waals surface area contributed by atoms with Crippen molar-refractivity contribution in [2.45, 2.75) is 31.9 Å². The van der Waals surface area contributed by atoms with Gasteiger partial charge >= 0.3 is 6.18 Å². The molecule has 0 saturated carbocycles. The summed E-state index contributed by atoms with van der Waals surface area (Å²) in [6.07, 6.45) is -3.42. The third kappa shape index (κ3) is 5.94. The Bertz CT molecular complexity index is 1350. The van der Waals surface area contributed by atoms with Crippen molar-refractivity contribution in [3.63, 3.8) is 0 Å². The lowest BCUT2D eigenvalue weighted by molar-refractivity contribution is -0.138. The fourth-order valence-corrected chi connectivity index (χ4v) is 6.26. The average Bonchev–Trinajstić information content (AvgIpc) is 3.47. The van der Waals surface area contributed by atoms with Crippen molar-refractivity contribution in [3.8, 4) is 5.75 Å². The first-order valence-electron chi connectivity index (χ1n) is 13.4. The molecule has 2 fully saturated rings. The molecule has 0 N–H and O–H groups in total. The van der Waals surface area contributed by atoms with Crippen LogP contribution in [0.15, 0.2) is 53.9 Å². The topological polar surface area (TPSA) is 66.0 Å². The Morgan fingerprint density at radius 2 is 1.57 bits per heavy atom. The molecule has 3 aromatic rings. The lowest BCUT2D eigenvalue weighted by Crippen LogP contribution is -2.49. The van der Waals surface area contributed by atoms with Crippen LogP contribution >= 0.6 is 11.3 Å². The molecule has 2 aliphatic rings. The minimum atomic E-state index is -4.59. The van der Waals surface area contributed by atoms with Crippen LogP contribution in [0.5, 0.6) is 5.75 Å². The number of piperazine rings is 1. The van der Waals surface area contributed by atoms with Gasteiger partial charge in [-0.15, -0.1) is 11.3 Å². The van der Waals surface area contributed by atoms with Gasteiger partial charge in [-0.25, -0.2) is 4.98 Å². The van der Waals surface area contributed by atoms with Gasteiger partial charge in [0.15, 0.2) is 0 Å². The number of carbonyl (C=O) groups is 2. The van der Waals surface area contributed by atoms with E-state index in [-0.39, 0.29) is 17.4 Å². The van der Waals surface area contributed by atoms with Gasteiger partial charge in [0.05, 0.1) is 28.4 Å². The summed E-state index contributed by atoms with van der Waals surface area (Å²) < 4.78 is 45.9. The molecule has 2 amide bonds. The average molecular weight is 573 g/mol. The van der Waals surface area contributed by atoms with E-state index in [9.17, 15) is 22.8 Å². The molecule has 3 heterocycles. The zero-order valence-corrected chi connectivity index (χ0v) is 23.0. The number of ether oxygens (including phenoxy) is 1. The molecule has 2 saturated heterocycles. The molecule has 1 aromatic heterocycles. The van der Waals surface area contributed by atoms with Crippen LogP contribution in [0.3, 0.4) is 0 Å². The molecule has 0 radical (unpaired) electrons. The molecule has 11 heteroatoms. The quantitative estimate of drug-likeness (QED) is 0.388. The van der Waals surface area contributed by atoms with Gasteiger partial charge in [0, 0.05) is 50.6 Å². The first-order chi connectivity index (χ1) is 19.3. The Labute approximate surface area is 235 Å². The number of aromatic nitrogens is 1. The summed E-state index contributed by atoms with van der Waals surface area (Å²) in [5, 5.41) is 2.61. The van der Waals surface area contributed by atoms with E-state index in [1.165, 1.54) is 34.4 Å². The number of benzene rings is 2. The van der Waals surface area contributed by atoms with Crippen molar-refractivity contribution in [2.24, 2.45) is 0 Å². The van der Waals surface area contributed by atoms with Gasteiger partial charge in [0.25, 0.3) is 11.8 Å². The Hall–Kier alpha value is -3.60. The molecule has 0 spiro atoms. The number of nitrogens with zero attached hydrogens (tertiary/aromatic N) is 4. The van der Waals surface area contributed by atoms with E-state index < -0.39 is 17.6 Å². The van der Waals surface area contributed by atoms with E-state index in [1.54, 1.807) is 5.38 Å². The smallest absolute Gasteiger partial charge is 0.417 e. The molecule has 0 aliphatic carbocycles. The van der Waals surface area contributed by atoms with E-state index >= 15 is 0 Å². The number of piperidine rings is 1. The summed E-state index contributed by atoms with van der Waals surface area (Å²) in [7, 11) is 0. The molecule has 212 valence electrons. The summed E-state index contributed by atoms with van der Waals surface area (Å²) in [6, 6.07) is 12.8. The Morgan fingerprint density at radius 3 is 2.27 bits per heavy atom. The molecular weight excluding hydrogens is 541 g/mol. The van der Waals surface area contributed by atoms with Gasteiger partial charge in [0.2, 0.25) is 0 Å². The fourth-order valence-electron chi connectivity index (χ4n) is 5.30. The van der Waals surface area contributed by atoms with Crippen LogP contribution in [0.2, 0.25) is 0 Å². The molecule has 0 bridgehead atoms. The van der Waals surface area contributed by atoms with Crippen molar-refractivity contribution >= 4 is 28.8 Å². The minimum absolute atomic E-state index is 0.0559. The second-order valence-electron chi connectivity index (χ2n) is 9.86. The van der Waals surface area contributed by atoms with Crippen LogP contribution in [-0.2, 0) is 6.18 Å². The van der Waals surface area contributed by atoms with Gasteiger partial charge in [-0.1, -0.05) is 24.3 Å². The number of carbonyl (C=O) groups excluding carboxylic acids is 2. The second-order valence-corrected chi connectivity index (χ2v) is 10.8. The number of hydrogen-bond acceptors (Lipinski definition) is 6. The van der Waals surface area contributed by atoms with Crippen molar-refractivity contribution in [1.82, 2.24) is 14.8 Å². The lowest BCUT2D eigenvalue weighted by atomic mass is 9.96. The van der Waals surface area contributed by atoms with E-state index in [1.807, 2.05) is 36.1 Å². The number of rotatable bonds is 6. The third-order valence-electron chi connectivity index (χ3n) is 7.41. The molecule has 40 heavy (non-hydrogen) atoms. The number of para-hydroxylation sites is 2. The number of anilines is 1. The SMILES string of the molecule is CCOc1ccccc1N1CCN(C(=O)c2csc(C3CCN(C(=O)c4ccccc4C(F)(F)F)CC3)n2)CC1. The zero-order chi connectivity index (χ0) is 28.3. The van der Waals surface area contributed by atoms with Crippen LogP contribution in [0.1, 0.15) is 57.1 Å². The predicted molar refractivity (Wildman–Crippen MR) is 147 cm³/mol. The predicted octanol–water partition coefficient (Wildman–Crippen LogP) is 5.54. The van der Waals surface area contributed by atoms with E-state index in [0.29, 0.717) is 64.4 Å². The number of thiazole rings is 1. The normalized spacial score (nSPS) is 16.8. The number of alkyl halides is 3. The highest BCUT2D eigenvalue weighted by atomic mass is 32.1. The third-order valence-corrected chi connectivity index (χ3v) is 8.42. The van der Waals surface area contributed by atoms with Crippen LogP contribution in [0.25, 0.3) is 0 Å². The van der Waals surface area contributed by atoms with Crippen molar-refractivity contribution in [1.29, 1.82) is 0 Å². The number of amides is 2. The highest BCUT2D eigenvalue weighted by Crippen LogP contribution is 2.35. The van der Waals surface area contributed by atoms with E-state index in [4.69, 9.17) is 4.74 Å². The van der Waals surface area contributed by atoms with Crippen LogP contribution in [-0.4, -0.2) is 72.5 Å². The summed E-state index contributed by atoms with van der Waals surface area (Å²) in [6.45, 7) is 5.75. The van der Waals surface area contributed by atoms with Crippen LogP contribution in [0.4, 0.5) is 18.9 Å². The Balaban J connectivity index is 1.16. The van der Waals surface area contributed by atoms with Gasteiger partial charge in [0.1, 0.15) is 11.4 Å². The van der Waals surface area contributed by atoms with Crippen LogP contribution < -0.4 is 9.64 Å². The highest BCUT2D eigenvalue weighted by Gasteiger charge is 2.37. The number of likely N-dealkylation sites (tertiary alicyclic amines) is 1. The maximum Gasteiger partial charge on any atom is 0.417 e. The van der Waals surface area contributed by atoms with Gasteiger partial charge < -0.3 is 19.4 Å². The summed E-state index contributed by atoms with van der Waals surface area (Å²) in [5.74, 6) is 0.188. The molecular formula is C29H31F3N4O3S. The standard InChI is InChI=1S/C29H31F3N4O3S/c1-2-39-25-10-6-5-9-24(25)34-15-17-36(18-16-34)28(38)23-19-40-26(33-23)20-11-13-35(14-12-20)27(37)21-7-3-4-8-22(21)29(30,31)32/h3-10,19-20H,2,11-18H2,1H3. The maximum atomic E-state index is 13.4. The lowest BCUT2D eigenvalue weighted by Gasteiger charge is -2.36. The Kier molecular flexibility index (Phi) is 8.30. The Morgan fingerprint density at radius 1 is 0.925 bits per heavy atom. The summed E-state index contributed by atoms with van der Waals surface area (Å²) in [5.41, 5.74) is 0.210. The van der Waals surface area contributed by atoms with Gasteiger partial charge in [-0.3, -0.25) is 9.59 Å². The van der Waals surface area contributed by atoms with E-state index in [2.05, 4.69) is 9.88 Å². The number of halogens is 3. The number of hydrogen-bond donors (Lipinski definition) is 0.